The summed E-state index contributed by atoms with van der Waals surface area (Å²) >= 11 is 0. The fourth-order valence-corrected chi connectivity index (χ4v) is 6.80. The molecule has 3 aliphatic heterocycles. The number of aliphatic hydroxyl groups is 1. The molecular weight excluding hydrogens is 546 g/mol. The molecule has 6 rings (SSSR count). The normalized spacial score (nSPS) is 24.4. The fraction of sp³-hybridized carbons (Fsp3) is 0.382. The van der Waals surface area contributed by atoms with Crippen LogP contribution in [0.3, 0.4) is 0 Å². The van der Waals surface area contributed by atoms with Crippen molar-refractivity contribution in [2.24, 2.45) is 5.92 Å². The van der Waals surface area contributed by atoms with Gasteiger partial charge in [0.1, 0.15) is 5.75 Å². The number of nitrogens with one attached hydrogen (secondary N) is 1. The van der Waals surface area contributed by atoms with Crippen molar-refractivity contribution in [2.75, 3.05) is 30.5 Å². The molecule has 0 saturated carbocycles. The van der Waals surface area contributed by atoms with Crippen molar-refractivity contribution < 1.29 is 29.0 Å². The van der Waals surface area contributed by atoms with Crippen LogP contribution in [0.1, 0.15) is 54.1 Å². The number of nitrogens with zero attached hydrogens (tertiary/aromatic N) is 2. The van der Waals surface area contributed by atoms with E-state index in [0.29, 0.717) is 36.5 Å². The van der Waals surface area contributed by atoms with E-state index in [9.17, 15) is 19.5 Å². The smallest absolute Gasteiger partial charge is 0.264 e. The number of methoxy groups -OCH3 is 1. The molecule has 9 heteroatoms. The van der Waals surface area contributed by atoms with Crippen molar-refractivity contribution in [3.05, 3.63) is 89.5 Å². The van der Waals surface area contributed by atoms with Gasteiger partial charge in [-0.2, -0.15) is 0 Å². The zero-order chi connectivity index (χ0) is 30.1. The van der Waals surface area contributed by atoms with Crippen LogP contribution >= 0.6 is 0 Å². The van der Waals surface area contributed by atoms with Gasteiger partial charge in [0.25, 0.3) is 11.8 Å². The van der Waals surface area contributed by atoms with Gasteiger partial charge < -0.3 is 29.7 Å². The quantitative estimate of drug-likeness (QED) is 0.405. The van der Waals surface area contributed by atoms with E-state index in [1.54, 1.807) is 41.2 Å². The molecule has 2 saturated heterocycles. The lowest BCUT2D eigenvalue weighted by Crippen LogP contribution is -2.44. The van der Waals surface area contributed by atoms with Crippen LogP contribution in [0.4, 0.5) is 11.4 Å². The SMILES string of the molecule is COc1ccc(C(=O)Nc2ccc(CN3C(=O)[C@]4(O[C@H](CC(=O)N5CCC[C@H]5CO)C[C@@H]4C)c4ccccc43)cc2)cc1. The van der Waals surface area contributed by atoms with Crippen LogP contribution in [0.5, 0.6) is 5.75 Å². The molecule has 0 unspecified atom stereocenters. The molecule has 3 aromatic carbocycles. The summed E-state index contributed by atoms with van der Waals surface area (Å²) in [6, 6.07) is 21.9. The summed E-state index contributed by atoms with van der Waals surface area (Å²) in [5.41, 5.74) is 2.58. The minimum Gasteiger partial charge on any atom is -0.497 e. The molecule has 0 bridgehead atoms. The molecular formula is C34H37N3O6. The van der Waals surface area contributed by atoms with Crippen molar-refractivity contribution in [3.8, 4) is 5.75 Å². The summed E-state index contributed by atoms with van der Waals surface area (Å²) < 4.78 is 11.7. The summed E-state index contributed by atoms with van der Waals surface area (Å²) in [4.78, 5) is 43.5. The third kappa shape index (κ3) is 5.28. The van der Waals surface area contributed by atoms with Gasteiger partial charge in [-0.25, -0.2) is 0 Å². The van der Waals surface area contributed by atoms with E-state index >= 15 is 0 Å². The number of amides is 3. The van der Waals surface area contributed by atoms with Crippen LogP contribution in [0.15, 0.2) is 72.8 Å². The Balaban J connectivity index is 1.16. The van der Waals surface area contributed by atoms with Gasteiger partial charge in [-0.3, -0.25) is 14.4 Å². The maximum atomic E-state index is 14.2. The summed E-state index contributed by atoms with van der Waals surface area (Å²) in [5, 5.41) is 12.6. The highest BCUT2D eigenvalue weighted by atomic mass is 16.5. The molecule has 43 heavy (non-hydrogen) atoms. The monoisotopic (exact) mass is 583 g/mol. The van der Waals surface area contributed by atoms with Gasteiger partial charge in [-0.05, 0) is 67.3 Å². The van der Waals surface area contributed by atoms with E-state index in [2.05, 4.69) is 5.32 Å². The lowest BCUT2D eigenvalue weighted by molar-refractivity contribution is -0.150. The average molecular weight is 584 g/mol. The molecule has 3 amide bonds. The Morgan fingerprint density at radius 1 is 1.07 bits per heavy atom. The standard InChI is InChI=1S/C34H37N3O6/c1-22-18-28(19-31(39)36-17-5-6-26(36)21-38)43-34(22)29-7-3-4-8-30(29)37(33(34)41)20-23-9-13-25(14-10-23)35-32(40)24-11-15-27(42-2)16-12-24/h3-4,7-16,22,26,28,38H,5-6,17-21H2,1-2H3,(H,35,40)/t22-,26-,28-,34+/m0/s1. The van der Waals surface area contributed by atoms with Crippen molar-refractivity contribution in [1.82, 2.24) is 4.90 Å². The largest absolute Gasteiger partial charge is 0.497 e. The van der Waals surface area contributed by atoms with Gasteiger partial charge in [-0.1, -0.05) is 37.3 Å². The van der Waals surface area contributed by atoms with Crippen LogP contribution in [-0.4, -0.2) is 60.1 Å². The highest BCUT2D eigenvalue weighted by Crippen LogP contribution is 2.53. The van der Waals surface area contributed by atoms with E-state index in [0.717, 1.165) is 29.7 Å². The van der Waals surface area contributed by atoms with E-state index < -0.39 is 5.60 Å². The Bertz CT molecular complexity index is 1510. The summed E-state index contributed by atoms with van der Waals surface area (Å²) in [6.45, 7) is 2.98. The summed E-state index contributed by atoms with van der Waals surface area (Å²) in [6.07, 6.45) is 2.11. The topological polar surface area (TPSA) is 108 Å². The number of fused-ring (bicyclic) bond motifs is 2. The Labute approximate surface area is 251 Å². The minimum atomic E-state index is -1.14. The van der Waals surface area contributed by atoms with Crippen molar-refractivity contribution >= 4 is 29.1 Å². The number of ether oxygens (including phenoxy) is 2. The van der Waals surface area contributed by atoms with Gasteiger partial charge in [0, 0.05) is 29.3 Å². The van der Waals surface area contributed by atoms with E-state index in [4.69, 9.17) is 9.47 Å². The van der Waals surface area contributed by atoms with E-state index in [1.165, 1.54) is 0 Å². The van der Waals surface area contributed by atoms with Crippen LogP contribution in [0, 0.1) is 5.92 Å². The number of likely N-dealkylation sites (tertiary alicyclic amines) is 1. The number of aliphatic hydroxyl groups excluding tert-OH is 1. The Morgan fingerprint density at radius 2 is 1.81 bits per heavy atom. The Kier molecular flexibility index (Phi) is 7.94. The number of anilines is 2. The van der Waals surface area contributed by atoms with Crippen LogP contribution < -0.4 is 15.0 Å². The zero-order valence-electron chi connectivity index (χ0n) is 24.5. The first-order valence-electron chi connectivity index (χ1n) is 14.9. The van der Waals surface area contributed by atoms with Gasteiger partial charge in [0.2, 0.25) is 5.91 Å². The molecule has 2 N–H and O–H groups in total. The molecule has 2 fully saturated rings. The predicted octanol–water partition coefficient (Wildman–Crippen LogP) is 4.49. The molecule has 9 nitrogen and oxygen atoms in total. The molecule has 3 aliphatic rings. The minimum absolute atomic E-state index is 0.0273. The van der Waals surface area contributed by atoms with Gasteiger partial charge in [0.05, 0.1) is 44.5 Å². The maximum Gasteiger partial charge on any atom is 0.264 e. The molecule has 1 spiro atoms. The fourth-order valence-electron chi connectivity index (χ4n) is 6.80. The molecule has 3 aromatic rings. The first-order valence-corrected chi connectivity index (χ1v) is 14.9. The molecule has 0 aliphatic carbocycles. The lowest BCUT2D eigenvalue weighted by atomic mass is 9.83. The molecule has 0 radical (unpaired) electrons. The Morgan fingerprint density at radius 3 is 2.53 bits per heavy atom. The van der Waals surface area contributed by atoms with Crippen LogP contribution in [0.2, 0.25) is 0 Å². The summed E-state index contributed by atoms with van der Waals surface area (Å²) in [5.74, 6) is 0.188. The van der Waals surface area contributed by atoms with E-state index in [-0.39, 0.29) is 48.8 Å². The van der Waals surface area contributed by atoms with Gasteiger partial charge in [0.15, 0.2) is 5.60 Å². The zero-order valence-corrected chi connectivity index (χ0v) is 24.5. The van der Waals surface area contributed by atoms with Crippen molar-refractivity contribution in [1.29, 1.82) is 0 Å². The van der Waals surface area contributed by atoms with Crippen molar-refractivity contribution in [2.45, 2.75) is 56.9 Å². The number of carbonyl (C=O) groups is 3. The highest BCUT2D eigenvalue weighted by molar-refractivity contribution is 6.07. The molecule has 4 atom stereocenters. The van der Waals surface area contributed by atoms with Crippen LogP contribution in [-0.2, 0) is 26.5 Å². The number of benzene rings is 3. The number of carbonyl (C=O) groups excluding carboxylic acids is 3. The van der Waals surface area contributed by atoms with E-state index in [1.807, 2.05) is 55.5 Å². The second kappa shape index (κ2) is 11.8. The van der Waals surface area contributed by atoms with Gasteiger partial charge >= 0.3 is 0 Å². The highest BCUT2D eigenvalue weighted by Gasteiger charge is 2.60. The predicted molar refractivity (Wildman–Crippen MR) is 162 cm³/mol. The second-order valence-corrected chi connectivity index (χ2v) is 11.7. The lowest BCUT2D eigenvalue weighted by Gasteiger charge is -2.29. The maximum absolute atomic E-state index is 14.2. The van der Waals surface area contributed by atoms with Crippen LogP contribution in [0.25, 0.3) is 0 Å². The average Bonchev–Trinajstić information content (AvgIpc) is 3.70. The first-order chi connectivity index (χ1) is 20.8. The molecule has 224 valence electrons. The van der Waals surface area contributed by atoms with Crippen molar-refractivity contribution in [3.63, 3.8) is 0 Å². The number of hydrogen-bond acceptors (Lipinski definition) is 6. The Hall–Kier alpha value is -4.21. The molecule has 0 aromatic heterocycles. The van der Waals surface area contributed by atoms with Gasteiger partial charge in [-0.15, -0.1) is 0 Å². The third-order valence-electron chi connectivity index (χ3n) is 9.04. The summed E-state index contributed by atoms with van der Waals surface area (Å²) in [7, 11) is 1.58. The first kappa shape index (κ1) is 28.9. The number of para-hydroxylation sites is 1. The third-order valence-corrected chi connectivity index (χ3v) is 9.04. The molecule has 3 heterocycles. The number of rotatable bonds is 8. The number of hydrogen-bond donors (Lipinski definition) is 2. The second-order valence-electron chi connectivity index (χ2n) is 11.7.